The summed E-state index contributed by atoms with van der Waals surface area (Å²) >= 11 is 4.91. The summed E-state index contributed by atoms with van der Waals surface area (Å²) in [6, 6.07) is 9.30. The quantitative estimate of drug-likeness (QED) is 0.540. The molecular formula is C15H15BrO3S. The lowest BCUT2D eigenvalue weighted by Gasteiger charge is -2.09. The van der Waals surface area contributed by atoms with Gasteiger partial charge >= 0.3 is 0 Å². The minimum absolute atomic E-state index is 0.178. The zero-order chi connectivity index (χ0) is 14.4. The lowest BCUT2D eigenvalue weighted by Crippen LogP contribution is -2.03. The summed E-state index contributed by atoms with van der Waals surface area (Å²) in [7, 11) is 1.62. The summed E-state index contributed by atoms with van der Waals surface area (Å²) in [6.07, 6.45) is 1.21. The van der Waals surface area contributed by atoms with E-state index >= 15 is 0 Å². The van der Waals surface area contributed by atoms with Gasteiger partial charge < -0.3 is 9.47 Å². The monoisotopic (exact) mass is 354 g/mol. The number of halogens is 1. The fourth-order valence-electron chi connectivity index (χ4n) is 1.70. The highest BCUT2D eigenvalue weighted by Crippen LogP contribution is 2.29. The molecule has 5 heteroatoms. The predicted molar refractivity (Wildman–Crippen MR) is 84.1 cm³/mol. The molecule has 0 aliphatic carbocycles. The lowest BCUT2D eigenvalue weighted by molar-refractivity contribution is 0.0977. The predicted octanol–water partition coefficient (Wildman–Crippen LogP) is 4.56. The van der Waals surface area contributed by atoms with E-state index in [1.165, 1.54) is 11.3 Å². The Bertz CT molecular complexity index is 567. The van der Waals surface area contributed by atoms with Crippen LogP contribution in [0.3, 0.4) is 0 Å². The SMILES string of the molecule is COc1ccc(OCCCC(=O)c2cccs2)c(Br)c1. The van der Waals surface area contributed by atoms with Crippen molar-refractivity contribution in [2.75, 3.05) is 13.7 Å². The van der Waals surface area contributed by atoms with E-state index in [0.717, 1.165) is 20.8 Å². The summed E-state index contributed by atoms with van der Waals surface area (Å²) in [5.41, 5.74) is 0. The van der Waals surface area contributed by atoms with E-state index in [1.807, 2.05) is 35.7 Å². The van der Waals surface area contributed by atoms with Gasteiger partial charge in [-0.05, 0) is 52.0 Å². The Balaban J connectivity index is 1.77. The van der Waals surface area contributed by atoms with Crippen molar-refractivity contribution in [1.82, 2.24) is 0 Å². The Labute approximate surface area is 130 Å². The second kappa shape index (κ2) is 7.45. The topological polar surface area (TPSA) is 35.5 Å². The Kier molecular flexibility index (Phi) is 5.61. The zero-order valence-corrected chi connectivity index (χ0v) is 13.5. The highest BCUT2D eigenvalue weighted by Gasteiger charge is 2.07. The molecule has 2 rings (SSSR count). The van der Waals surface area contributed by atoms with Crippen molar-refractivity contribution in [3.63, 3.8) is 0 Å². The van der Waals surface area contributed by atoms with Gasteiger partial charge in [0.2, 0.25) is 0 Å². The van der Waals surface area contributed by atoms with Gasteiger partial charge in [-0.2, -0.15) is 0 Å². The molecule has 20 heavy (non-hydrogen) atoms. The number of methoxy groups -OCH3 is 1. The molecule has 1 aromatic heterocycles. The molecule has 3 nitrogen and oxygen atoms in total. The number of hydrogen-bond acceptors (Lipinski definition) is 4. The van der Waals surface area contributed by atoms with E-state index in [9.17, 15) is 4.79 Å². The standard InChI is InChI=1S/C15H15BrO3S/c1-18-11-6-7-14(12(16)10-11)19-8-2-4-13(17)15-5-3-9-20-15/h3,5-7,9-10H,2,4,8H2,1H3. The Morgan fingerprint density at radius 3 is 2.85 bits per heavy atom. The van der Waals surface area contributed by atoms with E-state index in [0.29, 0.717) is 19.4 Å². The molecule has 0 fully saturated rings. The molecule has 106 valence electrons. The van der Waals surface area contributed by atoms with Gasteiger partial charge in [-0.3, -0.25) is 4.79 Å². The van der Waals surface area contributed by atoms with Gasteiger partial charge in [0.05, 0.1) is 23.1 Å². The van der Waals surface area contributed by atoms with Crippen molar-refractivity contribution in [2.45, 2.75) is 12.8 Å². The first kappa shape index (κ1) is 15.1. The number of carbonyl (C=O) groups excluding carboxylic acids is 1. The number of ketones is 1. The van der Waals surface area contributed by atoms with Gasteiger partial charge in [0.25, 0.3) is 0 Å². The highest BCUT2D eigenvalue weighted by molar-refractivity contribution is 9.10. The molecule has 2 aromatic rings. The van der Waals surface area contributed by atoms with Crippen LogP contribution in [0.25, 0.3) is 0 Å². The van der Waals surface area contributed by atoms with Crippen LogP contribution in [0.15, 0.2) is 40.2 Å². The Hall–Kier alpha value is -1.33. The third-order valence-corrected chi connectivity index (χ3v) is 4.27. The summed E-state index contributed by atoms with van der Waals surface area (Å²) in [6.45, 7) is 0.516. The highest BCUT2D eigenvalue weighted by atomic mass is 79.9. The fourth-order valence-corrected chi connectivity index (χ4v) is 2.87. The van der Waals surface area contributed by atoms with Crippen LogP contribution >= 0.6 is 27.3 Å². The van der Waals surface area contributed by atoms with Gasteiger partial charge in [-0.1, -0.05) is 6.07 Å². The number of carbonyl (C=O) groups is 1. The van der Waals surface area contributed by atoms with Crippen LogP contribution in [0, 0.1) is 0 Å². The van der Waals surface area contributed by atoms with Crippen LogP contribution in [-0.2, 0) is 0 Å². The average Bonchev–Trinajstić information content (AvgIpc) is 2.98. The number of rotatable bonds is 7. The van der Waals surface area contributed by atoms with Gasteiger partial charge in [-0.25, -0.2) is 0 Å². The number of thiophene rings is 1. The van der Waals surface area contributed by atoms with Crippen LogP contribution in [0.1, 0.15) is 22.5 Å². The summed E-state index contributed by atoms with van der Waals surface area (Å²) in [5, 5.41) is 1.91. The van der Waals surface area contributed by atoms with Gasteiger partial charge in [0.1, 0.15) is 11.5 Å². The molecule has 1 heterocycles. The molecule has 0 N–H and O–H groups in total. The minimum Gasteiger partial charge on any atom is -0.497 e. The normalized spacial score (nSPS) is 10.3. The van der Waals surface area contributed by atoms with Gasteiger partial charge in [0.15, 0.2) is 5.78 Å². The molecule has 0 atom stereocenters. The van der Waals surface area contributed by atoms with Crippen LogP contribution in [0.4, 0.5) is 0 Å². The van der Waals surface area contributed by atoms with Crippen LogP contribution in [0.5, 0.6) is 11.5 Å². The molecule has 0 spiro atoms. The van der Waals surface area contributed by atoms with Crippen molar-refractivity contribution in [2.24, 2.45) is 0 Å². The van der Waals surface area contributed by atoms with Crippen molar-refractivity contribution in [1.29, 1.82) is 0 Å². The maximum Gasteiger partial charge on any atom is 0.172 e. The Morgan fingerprint density at radius 1 is 1.35 bits per heavy atom. The first-order valence-electron chi connectivity index (χ1n) is 6.24. The molecule has 0 amide bonds. The van der Waals surface area contributed by atoms with Crippen molar-refractivity contribution < 1.29 is 14.3 Å². The second-order valence-corrected chi connectivity index (χ2v) is 5.95. The van der Waals surface area contributed by atoms with Crippen molar-refractivity contribution in [3.05, 3.63) is 45.1 Å². The zero-order valence-electron chi connectivity index (χ0n) is 11.1. The third kappa shape index (κ3) is 4.08. The first-order valence-corrected chi connectivity index (χ1v) is 7.91. The van der Waals surface area contributed by atoms with E-state index < -0.39 is 0 Å². The molecular weight excluding hydrogens is 340 g/mol. The molecule has 0 aliphatic heterocycles. The first-order chi connectivity index (χ1) is 9.70. The van der Waals surface area contributed by atoms with Crippen LogP contribution < -0.4 is 9.47 Å². The molecule has 0 saturated heterocycles. The second-order valence-electron chi connectivity index (χ2n) is 4.15. The van der Waals surface area contributed by atoms with E-state index in [-0.39, 0.29) is 5.78 Å². The number of ether oxygens (including phenoxy) is 2. The van der Waals surface area contributed by atoms with E-state index in [2.05, 4.69) is 15.9 Å². The fraction of sp³-hybridized carbons (Fsp3) is 0.267. The number of benzene rings is 1. The van der Waals surface area contributed by atoms with E-state index in [1.54, 1.807) is 7.11 Å². The molecule has 0 bridgehead atoms. The van der Waals surface area contributed by atoms with Gasteiger partial charge in [-0.15, -0.1) is 11.3 Å². The lowest BCUT2D eigenvalue weighted by atomic mass is 10.2. The number of hydrogen-bond donors (Lipinski definition) is 0. The molecule has 0 aliphatic rings. The third-order valence-electron chi connectivity index (χ3n) is 2.74. The maximum atomic E-state index is 11.8. The Morgan fingerprint density at radius 2 is 2.20 bits per heavy atom. The van der Waals surface area contributed by atoms with Crippen molar-refractivity contribution >= 4 is 33.0 Å². The number of Topliss-reactive ketones (excluding diaryl/α,β-unsaturated/α-hetero) is 1. The molecule has 0 saturated carbocycles. The van der Waals surface area contributed by atoms with Crippen molar-refractivity contribution in [3.8, 4) is 11.5 Å². The van der Waals surface area contributed by atoms with Crippen LogP contribution in [-0.4, -0.2) is 19.5 Å². The summed E-state index contributed by atoms with van der Waals surface area (Å²) in [4.78, 5) is 12.6. The van der Waals surface area contributed by atoms with E-state index in [4.69, 9.17) is 9.47 Å². The average molecular weight is 355 g/mol. The smallest absolute Gasteiger partial charge is 0.172 e. The minimum atomic E-state index is 0.178. The van der Waals surface area contributed by atoms with Gasteiger partial charge in [0, 0.05) is 6.42 Å². The molecule has 0 unspecified atom stereocenters. The largest absolute Gasteiger partial charge is 0.497 e. The molecule has 1 aromatic carbocycles. The summed E-state index contributed by atoms with van der Waals surface area (Å²) in [5.74, 6) is 1.71. The van der Waals surface area contributed by atoms with Crippen LogP contribution in [0.2, 0.25) is 0 Å². The summed E-state index contributed by atoms with van der Waals surface area (Å²) < 4.78 is 11.6. The molecule has 0 radical (unpaired) electrons. The maximum absolute atomic E-state index is 11.8.